The lowest BCUT2D eigenvalue weighted by molar-refractivity contribution is 0.0682. The number of imidazole rings is 1. The van der Waals surface area contributed by atoms with Crippen molar-refractivity contribution in [2.24, 2.45) is 0 Å². The fraction of sp³-hybridized carbons (Fsp3) is 0.269. The molecule has 1 fully saturated rings. The van der Waals surface area contributed by atoms with E-state index in [-0.39, 0.29) is 5.92 Å². The van der Waals surface area contributed by atoms with Crippen LogP contribution in [0.5, 0.6) is 0 Å². The van der Waals surface area contributed by atoms with Crippen molar-refractivity contribution in [3.05, 3.63) is 69.7 Å². The van der Waals surface area contributed by atoms with E-state index in [1.54, 1.807) is 0 Å². The molecule has 0 aliphatic heterocycles. The van der Waals surface area contributed by atoms with E-state index >= 15 is 0 Å². The summed E-state index contributed by atoms with van der Waals surface area (Å²) < 4.78 is 8.92. The number of H-pyrrole nitrogens is 1. The molecule has 2 N–H and O–H groups in total. The molecular weight excluding hydrogens is 524 g/mol. The number of hydrogen-bond donors (Lipinski definition) is 2. The summed E-state index contributed by atoms with van der Waals surface area (Å²) in [6, 6.07) is 13.7. The number of hydrogen-bond acceptors (Lipinski definition) is 6. The van der Waals surface area contributed by atoms with Crippen LogP contribution in [0, 0.1) is 0 Å². The van der Waals surface area contributed by atoms with Crippen molar-refractivity contribution in [1.29, 1.82) is 0 Å². The lowest BCUT2D eigenvalue weighted by Gasteiger charge is -2.24. The third-order valence-electron chi connectivity index (χ3n) is 6.87. The summed E-state index contributed by atoms with van der Waals surface area (Å²) in [5, 5.41) is 25.4. The van der Waals surface area contributed by atoms with Gasteiger partial charge in [-0.05, 0) is 51.7 Å². The third-order valence-corrected chi connectivity index (χ3v) is 7.66. The lowest BCUT2D eigenvalue weighted by Crippen LogP contribution is -2.17. The number of nitrogens with zero attached hydrogens (tertiary/aromatic N) is 5. The van der Waals surface area contributed by atoms with Crippen LogP contribution >= 0.6 is 15.9 Å². The highest BCUT2D eigenvalue weighted by Gasteiger charge is 2.31. The highest BCUT2D eigenvalue weighted by molar-refractivity contribution is 9.10. The van der Waals surface area contributed by atoms with Crippen LogP contribution in [0.3, 0.4) is 0 Å². The zero-order chi connectivity index (χ0) is 24.8. The average molecular weight is 547 g/mol. The van der Waals surface area contributed by atoms with Crippen LogP contribution in [-0.2, 0) is 13.0 Å². The molecule has 9 nitrogen and oxygen atoms in total. The van der Waals surface area contributed by atoms with E-state index in [2.05, 4.69) is 36.6 Å². The minimum Gasteiger partial charge on any atom is -0.477 e. The molecule has 10 heteroatoms. The van der Waals surface area contributed by atoms with E-state index in [4.69, 9.17) is 9.40 Å². The maximum absolute atomic E-state index is 12.3. The Morgan fingerprint density at radius 2 is 2.03 bits per heavy atom. The Bertz CT molecular complexity index is 1580. The Kier molecular flexibility index (Phi) is 5.67. The van der Waals surface area contributed by atoms with Gasteiger partial charge >= 0.3 is 5.97 Å². The number of aryl methyl sites for hydroxylation is 1. The molecule has 2 aromatic carbocycles. The Hall–Kier alpha value is -3.79. The Morgan fingerprint density at radius 1 is 1.22 bits per heavy atom. The predicted octanol–water partition coefficient (Wildman–Crippen LogP) is 5.82. The second-order valence-electron chi connectivity index (χ2n) is 8.99. The molecule has 0 bridgehead atoms. The van der Waals surface area contributed by atoms with Crippen LogP contribution in [0.1, 0.15) is 59.7 Å². The third kappa shape index (κ3) is 3.72. The number of furan rings is 1. The Morgan fingerprint density at radius 3 is 2.69 bits per heavy atom. The second kappa shape index (κ2) is 9.02. The number of rotatable bonds is 7. The summed E-state index contributed by atoms with van der Waals surface area (Å²) in [5.41, 5.74) is 4.38. The standard InChI is InChI=1S/C26H23BrN6O3/c1-2-20-28-22(15-6-5-7-15)23(26(34)35)33(20)13-14-10-11-19-18(12-14)21(27)24(36-19)16-8-3-4-9-17(16)25-29-31-32-30-25/h3-4,8-12,15H,2,5-7,13H2,1H3,(H,34,35)(H,29,30,31,32). The van der Waals surface area contributed by atoms with Crippen molar-refractivity contribution >= 4 is 32.9 Å². The molecule has 1 aliphatic rings. The minimum absolute atomic E-state index is 0.245. The van der Waals surface area contributed by atoms with Gasteiger partial charge in [-0.3, -0.25) is 0 Å². The lowest BCUT2D eigenvalue weighted by atomic mass is 9.82. The van der Waals surface area contributed by atoms with Crippen molar-refractivity contribution < 1.29 is 14.3 Å². The summed E-state index contributed by atoms with van der Waals surface area (Å²) in [6.45, 7) is 2.44. The Balaban J connectivity index is 1.41. The number of aromatic amines is 1. The van der Waals surface area contributed by atoms with Gasteiger partial charge in [0.15, 0.2) is 5.69 Å². The highest BCUT2D eigenvalue weighted by atomic mass is 79.9. The van der Waals surface area contributed by atoms with Crippen LogP contribution in [-0.4, -0.2) is 41.3 Å². The van der Waals surface area contributed by atoms with Crippen molar-refractivity contribution in [1.82, 2.24) is 30.2 Å². The molecule has 6 rings (SSSR count). The maximum atomic E-state index is 12.3. The van der Waals surface area contributed by atoms with E-state index in [9.17, 15) is 9.90 Å². The number of tetrazole rings is 1. The minimum atomic E-state index is -0.921. The Labute approximate surface area is 214 Å². The number of halogens is 1. The molecule has 5 aromatic rings. The van der Waals surface area contributed by atoms with E-state index in [1.165, 1.54) is 0 Å². The summed E-state index contributed by atoms with van der Waals surface area (Å²) in [7, 11) is 0. The van der Waals surface area contributed by atoms with E-state index in [0.717, 1.165) is 62.9 Å². The number of aromatic nitrogens is 6. The van der Waals surface area contributed by atoms with Gasteiger partial charge in [-0.15, -0.1) is 10.2 Å². The van der Waals surface area contributed by atoms with E-state index < -0.39 is 5.97 Å². The van der Waals surface area contributed by atoms with Gasteiger partial charge in [-0.25, -0.2) is 9.78 Å². The van der Waals surface area contributed by atoms with E-state index in [1.807, 2.05) is 54.0 Å². The van der Waals surface area contributed by atoms with Crippen molar-refractivity contribution in [2.75, 3.05) is 0 Å². The molecule has 3 aromatic heterocycles. The van der Waals surface area contributed by atoms with Crippen LogP contribution in [0.15, 0.2) is 51.4 Å². The SMILES string of the molecule is CCc1nc(C2CCC2)c(C(=O)O)n1Cc1ccc2oc(-c3ccccc3-c3nn[nH]n3)c(Br)c2c1. The summed E-state index contributed by atoms with van der Waals surface area (Å²) in [5.74, 6) is 1.27. The first-order valence-corrected chi connectivity index (χ1v) is 12.7. The molecule has 182 valence electrons. The topological polar surface area (TPSA) is 123 Å². The number of carboxylic acids is 1. The van der Waals surface area contributed by atoms with Crippen molar-refractivity contribution in [3.63, 3.8) is 0 Å². The molecule has 0 radical (unpaired) electrons. The van der Waals surface area contributed by atoms with Crippen LogP contribution < -0.4 is 0 Å². The summed E-state index contributed by atoms with van der Waals surface area (Å²) in [4.78, 5) is 17.0. The molecule has 1 aliphatic carbocycles. The van der Waals surface area contributed by atoms with Gasteiger partial charge in [0.2, 0.25) is 5.82 Å². The molecule has 0 unspecified atom stereocenters. The van der Waals surface area contributed by atoms with Gasteiger partial charge in [0.05, 0.1) is 10.2 Å². The summed E-state index contributed by atoms with van der Waals surface area (Å²) in [6.07, 6.45) is 3.80. The fourth-order valence-electron chi connectivity index (χ4n) is 4.87. The number of carbonyl (C=O) groups is 1. The maximum Gasteiger partial charge on any atom is 0.354 e. The fourth-order valence-corrected chi connectivity index (χ4v) is 5.48. The highest BCUT2D eigenvalue weighted by Crippen LogP contribution is 2.42. The smallest absolute Gasteiger partial charge is 0.354 e. The molecular formula is C26H23BrN6O3. The summed E-state index contributed by atoms with van der Waals surface area (Å²) >= 11 is 3.74. The van der Waals surface area contributed by atoms with Gasteiger partial charge in [-0.2, -0.15) is 5.21 Å². The monoisotopic (exact) mass is 546 g/mol. The predicted molar refractivity (Wildman–Crippen MR) is 137 cm³/mol. The first-order chi connectivity index (χ1) is 17.5. The number of nitrogens with one attached hydrogen (secondary N) is 1. The van der Waals surface area contributed by atoms with E-state index in [0.29, 0.717) is 30.2 Å². The van der Waals surface area contributed by atoms with Crippen LogP contribution in [0.2, 0.25) is 0 Å². The number of benzene rings is 2. The largest absolute Gasteiger partial charge is 0.477 e. The van der Waals surface area contributed by atoms with Crippen molar-refractivity contribution in [2.45, 2.75) is 45.1 Å². The molecule has 3 heterocycles. The number of fused-ring (bicyclic) bond motifs is 1. The zero-order valence-corrected chi connectivity index (χ0v) is 21.1. The van der Waals surface area contributed by atoms with Gasteiger partial charge in [-0.1, -0.05) is 43.7 Å². The molecule has 36 heavy (non-hydrogen) atoms. The molecule has 0 amide bonds. The first kappa shape index (κ1) is 22.7. The molecule has 0 spiro atoms. The van der Waals surface area contributed by atoms with Gasteiger partial charge in [0.1, 0.15) is 17.2 Å². The first-order valence-electron chi connectivity index (χ1n) is 11.9. The molecule has 1 saturated carbocycles. The second-order valence-corrected chi connectivity index (χ2v) is 9.78. The zero-order valence-electron chi connectivity index (χ0n) is 19.5. The average Bonchev–Trinajstić information content (AvgIpc) is 3.57. The van der Waals surface area contributed by atoms with Crippen LogP contribution in [0.4, 0.5) is 0 Å². The quantitative estimate of drug-likeness (QED) is 0.263. The van der Waals surface area contributed by atoms with Gasteiger partial charge < -0.3 is 14.1 Å². The number of carboxylic acid groups (broad SMARTS) is 1. The molecule has 0 saturated heterocycles. The van der Waals surface area contributed by atoms with Crippen molar-refractivity contribution in [3.8, 4) is 22.7 Å². The van der Waals surface area contributed by atoms with Gasteiger partial charge in [0, 0.05) is 35.4 Å². The number of aromatic carboxylic acids is 1. The molecule has 0 atom stereocenters. The van der Waals surface area contributed by atoms with Crippen LogP contribution in [0.25, 0.3) is 33.7 Å². The van der Waals surface area contributed by atoms with Gasteiger partial charge in [0.25, 0.3) is 0 Å². The normalized spacial score (nSPS) is 13.8.